The van der Waals surface area contributed by atoms with E-state index in [1.54, 1.807) is 0 Å². The lowest BCUT2D eigenvalue weighted by atomic mass is 9.91. The van der Waals surface area contributed by atoms with Crippen molar-refractivity contribution in [2.75, 3.05) is 19.6 Å². The van der Waals surface area contributed by atoms with Crippen LogP contribution in [-0.2, 0) is 0 Å². The minimum Gasteiger partial charge on any atom is -0.314 e. The second-order valence-corrected chi connectivity index (χ2v) is 5.60. The van der Waals surface area contributed by atoms with Gasteiger partial charge in [-0.05, 0) is 44.7 Å². The quantitative estimate of drug-likeness (QED) is 0.772. The number of fused-ring (bicyclic) bond motifs is 1. The van der Waals surface area contributed by atoms with Crippen molar-refractivity contribution >= 4 is 0 Å². The van der Waals surface area contributed by atoms with Crippen molar-refractivity contribution in [2.45, 2.75) is 64.5 Å². The number of rotatable bonds is 5. The molecule has 1 N–H and O–H groups in total. The summed E-state index contributed by atoms with van der Waals surface area (Å²) in [4.78, 5) is 2.78. The molecule has 2 rings (SSSR count). The molecule has 0 saturated carbocycles. The molecule has 2 nitrogen and oxygen atoms in total. The fraction of sp³-hybridized carbons (Fsp3) is 1.00. The molecule has 2 fully saturated rings. The Morgan fingerprint density at radius 2 is 2.19 bits per heavy atom. The van der Waals surface area contributed by atoms with Gasteiger partial charge in [0.2, 0.25) is 0 Å². The second-order valence-electron chi connectivity index (χ2n) is 5.60. The Kier molecular flexibility index (Phi) is 4.66. The Morgan fingerprint density at radius 1 is 1.31 bits per heavy atom. The lowest BCUT2D eigenvalue weighted by Gasteiger charge is -2.39. The van der Waals surface area contributed by atoms with Gasteiger partial charge >= 0.3 is 0 Å². The summed E-state index contributed by atoms with van der Waals surface area (Å²) < 4.78 is 0. The summed E-state index contributed by atoms with van der Waals surface area (Å²) in [6.07, 6.45) is 8.29. The smallest absolute Gasteiger partial charge is 0.0120 e. The Morgan fingerprint density at radius 3 is 2.94 bits per heavy atom. The highest BCUT2D eigenvalue weighted by Gasteiger charge is 2.34. The molecule has 0 aromatic rings. The molecular formula is C14H28N2. The van der Waals surface area contributed by atoms with Gasteiger partial charge in [0.15, 0.2) is 0 Å². The summed E-state index contributed by atoms with van der Waals surface area (Å²) in [5, 5.41) is 3.65. The molecule has 16 heavy (non-hydrogen) atoms. The fourth-order valence-electron chi connectivity index (χ4n) is 3.49. The van der Waals surface area contributed by atoms with Gasteiger partial charge in [-0.15, -0.1) is 0 Å². The number of likely N-dealkylation sites (tertiary alicyclic amines) is 1. The Bertz CT molecular complexity index is 205. The van der Waals surface area contributed by atoms with Crippen LogP contribution < -0.4 is 5.32 Å². The van der Waals surface area contributed by atoms with Crippen molar-refractivity contribution in [1.82, 2.24) is 10.2 Å². The SMILES string of the molecule is CCCCC(CC)N1CCC2NCCC2C1. The Balaban J connectivity index is 1.83. The minimum atomic E-state index is 0.847. The molecule has 2 heterocycles. The van der Waals surface area contributed by atoms with Crippen molar-refractivity contribution in [3.05, 3.63) is 0 Å². The summed E-state index contributed by atoms with van der Waals surface area (Å²) in [6.45, 7) is 8.62. The molecular weight excluding hydrogens is 196 g/mol. The molecule has 0 radical (unpaired) electrons. The van der Waals surface area contributed by atoms with Crippen LogP contribution in [0.25, 0.3) is 0 Å². The van der Waals surface area contributed by atoms with E-state index in [0.29, 0.717) is 0 Å². The van der Waals surface area contributed by atoms with Gasteiger partial charge in [-0.3, -0.25) is 0 Å². The van der Waals surface area contributed by atoms with Crippen molar-refractivity contribution in [2.24, 2.45) is 5.92 Å². The van der Waals surface area contributed by atoms with Gasteiger partial charge in [-0.2, -0.15) is 0 Å². The average Bonchev–Trinajstić information content (AvgIpc) is 2.77. The summed E-state index contributed by atoms with van der Waals surface area (Å²) >= 11 is 0. The first-order valence-electron chi connectivity index (χ1n) is 7.32. The van der Waals surface area contributed by atoms with Crippen LogP contribution in [0.15, 0.2) is 0 Å². The first-order chi connectivity index (χ1) is 7.85. The van der Waals surface area contributed by atoms with Crippen molar-refractivity contribution in [3.8, 4) is 0 Å². The van der Waals surface area contributed by atoms with Crippen molar-refractivity contribution in [3.63, 3.8) is 0 Å². The maximum absolute atomic E-state index is 3.65. The van der Waals surface area contributed by atoms with E-state index in [0.717, 1.165) is 18.0 Å². The van der Waals surface area contributed by atoms with Crippen LogP contribution in [0.3, 0.4) is 0 Å². The molecule has 3 atom stereocenters. The highest BCUT2D eigenvalue weighted by atomic mass is 15.2. The van der Waals surface area contributed by atoms with Gasteiger partial charge in [0.25, 0.3) is 0 Å². The molecule has 2 aliphatic heterocycles. The summed E-state index contributed by atoms with van der Waals surface area (Å²) in [6, 6.07) is 1.71. The lowest BCUT2D eigenvalue weighted by molar-refractivity contribution is 0.105. The van der Waals surface area contributed by atoms with E-state index in [1.807, 2.05) is 0 Å². The van der Waals surface area contributed by atoms with Crippen LogP contribution in [0, 0.1) is 5.92 Å². The molecule has 0 amide bonds. The third kappa shape index (κ3) is 2.78. The Labute approximate surface area is 101 Å². The molecule has 0 bridgehead atoms. The average molecular weight is 224 g/mol. The maximum atomic E-state index is 3.65. The van der Waals surface area contributed by atoms with E-state index in [1.165, 1.54) is 58.2 Å². The number of unbranched alkanes of at least 4 members (excludes halogenated alkanes) is 1. The van der Waals surface area contributed by atoms with Crippen LogP contribution >= 0.6 is 0 Å². The third-order valence-electron chi connectivity index (χ3n) is 4.57. The molecule has 94 valence electrons. The first-order valence-corrected chi connectivity index (χ1v) is 7.32. The largest absolute Gasteiger partial charge is 0.314 e. The van der Waals surface area contributed by atoms with Gasteiger partial charge in [-0.1, -0.05) is 26.7 Å². The molecule has 3 unspecified atom stereocenters. The normalized spacial score (nSPS) is 32.6. The third-order valence-corrected chi connectivity index (χ3v) is 4.57. The second kappa shape index (κ2) is 6.02. The Hall–Kier alpha value is -0.0800. The van der Waals surface area contributed by atoms with Gasteiger partial charge in [0.05, 0.1) is 0 Å². The number of nitrogens with zero attached hydrogens (tertiary/aromatic N) is 1. The zero-order valence-corrected chi connectivity index (χ0v) is 11.0. The van der Waals surface area contributed by atoms with Crippen LogP contribution in [0.5, 0.6) is 0 Å². The van der Waals surface area contributed by atoms with E-state index in [9.17, 15) is 0 Å². The van der Waals surface area contributed by atoms with E-state index in [4.69, 9.17) is 0 Å². The first kappa shape index (κ1) is 12.4. The zero-order chi connectivity index (χ0) is 11.4. The van der Waals surface area contributed by atoms with E-state index >= 15 is 0 Å². The molecule has 2 saturated heterocycles. The summed E-state index contributed by atoms with van der Waals surface area (Å²) in [7, 11) is 0. The van der Waals surface area contributed by atoms with E-state index in [2.05, 4.69) is 24.1 Å². The van der Waals surface area contributed by atoms with Gasteiger partial charge < -0.3 is 10.2 Å². The summed E-state index contributed by atoms with van der Waals surface area (Å²) in [5.74, 6) is 0.949. The highest BCUT2D eigenvalue weighted by Crippen LogP contribution is 2.27. The molecule has 2 heteroatoms. The van der Waals surface area contributed by atoms with Crippen LogP contribution in [0.1, 0.15) is 52.4 Å². The van der Waals surface area contributed by atoms with Crippen LogP contribution in [-0.4, -0.2) is 36.6 Å². The van der Waals surface area contributed by atoms with Crippen LogP contribution in [0.2, 0.25) is 0 Å². The maximum Gasteiger partial charge on any atom is 0.0120 e. The predicted octanol–water partition coefficient (Wildman–Crippen LogP) is 2.64. The number of piperidine rings is 1. The van der Waals surface area contributed by atoms with E-state index in [-0.39, 0.29) is 0 Å². The van der Waals surface area contributed by atoms with Crippen molar-refractivity contribution in [1.29, 1.82) is 0 Å². The zero-order valence-electron chi connectivity index (χ0n) is 11.0. The van der Waals surface area contributed by atoms with Gasteiger partial charge in [0, 0.05) is 18.6 Å². The topological polar surface area (TPSA) is 15.3 Å². The molecule has 0 aromatic carbocycles. The minimum absolute atomic E-state index is 0.847. The lowest BCUT2D eigenvalue weighted by Crippen LogP contribution is -2.48. The number of nitrogens with one attached hydrogen (secondary N) is 1. The number of hydrogen-bond donors (Lipinski definition) is 1. The summed E-state index contributed by atoms with van der Waals surface area (Å²) in [5.41, 5.74) is 0. The van der Waals surface area contributed by atoms with Gasteiger partial charge in [0.1, 0.15) is 0 Å². The standard InChI is InChI=1S/C14H28N2/c1-3-5-6-13(4-2)16-10-8-14-12(11-16)7-9-15-14/h12-15H,3-11H2,1-2H3. The van der Waals surface area contributed by atoms with Crippen LogP contribution in [0.4, 0.5) is 0 Å². The van der Waals surface area contributed by atoms with Gasteiger partial charge in [-0.25, -0.2) is 0 Å². The molecule has 0 spiro atoms. The number of hydrogen-bond acceptors (Lipinski definition) is 2. The van der Waals surface area contributed by atoms with Crippen molar-refractivity contribution < 1.29 is 0 Å². The van der Waals surface area contributed by atoms with E-state index < -0.39 is 0 Å². The monoisotopic (exact) mass is 224 g/mol. The molecule has 0 aliphatic carbocycles. The predicted molar refractivity (Wildman–Crippen MR) is 69.7 cm³/mol. The molecule has 0 aromatic heterocycles. The molecule has 2 aliphatic rings. The highest BCUT2D eigenvalue weighted by molar-refractivity contribution is 4.91. The fourth-order valence-corrected chi connectivity index (χ4v) is 3.49.